The molecule has 1 aliphatic rings. The van der Waals surface area contributed by atoms with Crippen LogP contribution in [-0.4, -0.2) is 51.3 Å². The fourth-order valence-electron chi connectivity index (χ4n) is 1.44. The Morgan fingerprint density at radius 2 is 2.23 bits per heavy atom. The molecule has 1 fully saturated rings. The van der Waals surface area contributed by atoms with E-state index in [4.69, 9.17) is 4.74 Å². The number of methoxy groups -OCH3 is 1. The Morgan fingerprint density at radius 1 is 1.54 bits per heavy atom. The molecule has 1 rings (SSSR count). The van der Waals surface area contributed by atoms with Crippen LogP contribution in [0.15, 0.2) is 0 Å². The first-order chi connectivity index (χ1) is 6.22. The fourth-order valence-corrected chi connectivity index (χ4v) is 1.44. The fraction of sp³-hybridized carbons (Fsp3) is 0.889. The average molecular weight is 187 g/mol. The molecule has 1 heterocycles. The second-order valence-electron chi connectivity index (χ2n) is 3.49. The maximum atomic E-state index is 10.7. The van der Waals surface area contributed by atoms with Gasteiger partial charge in [0.15, 0.2) is 0 Å². The van der Waals surface area contributed by atoms with E-state index >= 15 is 0 Å². The standard InChI is InChI=1S/C9H17NO3/c1-10-5-8(6-10)7-13-4-3-9(11)12-2/h8H,3-7H2,1-2H3. The van der Waals surface area contributed by atoms with Crippen molar-refractivity contribution in [2.24, 2.45) is 5.92 Å². The summed E-state index contributed by atoms with van der Waals surface area (Å²) >= 11 is 0. The molecule has 0 unspecified atom stereocenters. The number of carbonyl (C=O) groups is 1. The van der Waals surface area contributed by atoms with Crippen LogP contribution in [0.4, 0.5) is 0 Å². The van der Waals surface area contributed by atoms with E-state index in [1.54, 1.807) is 0 Å². The first-order valence-electron chi connectivity index (χ1n) is 4.55. The van der Waals surface area contributed by atoms with Crippen molar-refractivity contribution >= 4 is 5.97 Å². The van der Waals surface area contributed by atoms with E-state index in [1.807, 2.05) is 0 Å². The van der Waals surface area contributed by atoms with Crippen LogP contribution in [0.1, 0.15) is 6.42 Å². The van der Waals surface area contributed by atoms with E-state index < -0.39 is 0 Å². The molecule has 1 aliphatic heterocycles. The van der Waals surface area contributed by atoms with Gasteiger partial charge in [-0.2, -0.15) is 0 Å². The summed E-state index contributed by atoms with van der Waals surface area (Å²) in [5.74, 6) is 0.452. The lowest BCUT2D eigenvalue weighted by atomic mass is 10.0. The number of ether oxygens (including phenoxy) is 2. The maximum Gasteiger partial charge on any atom is 0.307 e. The Bertz CT molecular complexity index is 166. The molecule has 0 aromatic carbocycles. The molecule has 4 nitrogen and oxygen atoms in total. The lowest BCUT2D eigenvalue weighted by Crippen LogP contribution is -2.45. The highest BCUT2D eigenvalue weighted by Gasteiger charge is 2.22. The molecular formula is C9H17NO3. The minimum absolute atomic E-state index is 0.203. The normalized spacial score (nSPS) is 18.3. The van der Waals surface area contributed by atoms with Crippen molar-refractivity contribution in [1.82, 2.24) is 4.90 Å². The van der Waals surface area contributed by atoms with Gasteiger partial charge in [-0.3, -0.25) is 4.79 Å². The summed E-state index contributed by atoms with van der Waals surface area (Å²) in [6.45, 7) is 3.46. The van der Waals surface area contributed by atoms with Crippen LogP contribution < -0.4 is 0 Å². The van der Waals surface area contributed by atoms with Crippen LogP contribution in [0.2, 0.25) is 0 Å². The second-order valence-corrected chi connectivity index (χ2v) is 3.49. The number of likely N-dealkylation sites (tertiary alicyclic amines) is 1. The zero-order valence-electron chi connectivity index (χ0n) is 8.28. The smallest absolute Gasteiger partial charge is 0.307 e. The molecule has 0 bridgehead atoms. The van der Waals surface area contributed by atoms with Crippen LogP contribution in [-0.2, 0) is 14.3 Å². The van der Waals surface area contributed by atoms with E-state index in [0.29, 0.717) is 18.9 Å². The first-order valence-corrected chi connectivity index (χ1v) is 4.55. The Morgan fingerprint density at radius 3 is 2.77 bits per heavy atom. The largest absolute Gasteiger partial charge is 0.469 e. The summed E-state index contributed by atoms with van der Waals surface area (Å²) in [5.41, 5.74) is 0. The van der Waals surface area contributed by atoms with Gasteiger partial charge in [0, 0.05) is 19.0 Å². The van der Waals surface area contributed by atoms with E-state index in [9.17, 15) is 4.79 Å². The van der Waals surface area contributed by atoms with Gasteiger partial charge in [0.1, 0.15) is 0 Å². The summed E-state index contributed by atoms with van der Waals surface area (Å²) in [4.78, 5) is 12.9. The zero-order valence-corrected chi connectivity index (χ0v) is 8.28. The average Bonchev–Trinajstić information content (AvgIpc) is 2.08. The molecule has 0 aromatic rings. The monoisotopic (exact) mass is 187 g/mol. The van der Waals surface area contributed by atoms with Crippen molar-refractivity contribution in [2.45, 2.75) is 6.42 Å². The number of nitrogens with zero attached hydrogens (tertiary/aromatic N) is 1. The van der Waals surface area contributed by atoms with Crippen molar-refractivity contribution < 1.29 is 14.3 Å². The Hall–Kier alpha value is -0.610. The summed E-state index contributed by atoms with van der Waals surface area (Å²) in [7, 11) is 3.48. The molecule has 4 heteroatoms. The predicted octanol–water partition coefficient (Wildman–Crippen LogP) is 0.128. The number of hydrogen-bond donors (Lipinski definition) is 0. The van der Waals surface area contributed by atoms with Crippen LogP contribution >= 0.6 is 0 Å². The summed E-state index contributed by atoms with van der Waals surface area (Å²) < 4.78 is 9.82. The van der Waals surface area contributed by atoms with Crippen LogP contribution in [0.5, 0.6) is 0 Å². The quantitative estimate of drug-likeness (QED) is 0.453. The molecule has 0 spiro atoms. The van der Waals surface area contributed by atoms with E-state index in [0.717, 1.165) is 19.7 Å². The topological polar surface area (TPSA) is 38.8 Å². The van der Waals surface area contributed by atoms with Crippen molar-refractivity contribution in [3.05, 3.63) is 0 Å². The highest BCUT2D eigenvalue weighted by atomic mass is 16.5. The molecule has 0 aromatic heterocycles. The Balaban J connectivity index is 1.87. The number of hydrogen-bond acceptors (Lipinski definition) is 4. The molecule has 0 N–H and O–H groups in total. The maximum absolute atomic E-state index is 10.7. The third-order valence-electron chi connectivity index (χ3n) is 2.17. The minimum Gasteiger partial charge on any atom is -0.469 e. The van der Waals surface area contributed by atoms with Gasteiger partial charge in [-0.05, 0) is 7.05 Å². The number of rotatable bonds is 5. The third kappa shape index (κ3) is 3.74. The summed E-state index contributed by atoms with van der Waals surface area (Å²) in [5, 5.41) is 0. The first kappa shape index (κ1) is 10.5. The molecule has 0 saturated carbocycles. The van der Waals surface area contributed by atoms with Gasteiger partial charge in [-0.15, -0.1) is 0 Å². The SMILES string of the molecule is COC(=O)CCOCC1CN(C)C1. The molecule has 76 valence electrons. The second kappa shape index (κ2) is 5.19. The van der Waals surface area contributed by atoms with Gasteiger partial charge in [0.05, 0.1) is 26.7 Å². The lowest BCUT2D eigenvalue weighted by Gasteiger charge is -2.35. The molecule has 13 heavy (non-hydrogen) atoms. The van der Waals surface area contributed by atoms with E-state index in [-0.39, 0.29) is 5.97 Å². The molecule has 0 radical (unpaired) electrons. The van der Waals surface area contributed by atoms with Gasteiger partial charge in [0.25, 0.3) is 0 Å². The Kier molecular flexibility index (Phi) is 4.18. The van der Waals surface area contributed by atoms with Crippen molar-refractivity contribution in [3.8, 4) is 0 Å². The van der Waals surface area contributed by atoms with Crippen LogP contribution in [0, 0.1) is 5.92 Å². The van der Waals surface area contributed by atoms with Crippen LogP contribution in [0.3, 0.4) is 0 Å². The van der Waals surface area contributed by atoms with E-state index in [1.165, 1.54) is 7.11 Å². The van der Waals surface area contributed by atoms with Crippen molar-refractivity contribution in [1.29, 1.82) is 0 Å². The van der Waals surface area contributed by atoms with Crippen LogP contribution in [0.25, 0.3) is 0 Å². The van der Waals surface area contributed by atoms with Crippen molar-refractivity contribution in [2.75, 3.05) is 40.5 Å². The highest BCUT2D eigenvalue weighted by Crippen LogP contribution is 2.12. The number of esters is 1. The molecule has 0 amide bonds. The Labute approximate surface area is 78.8 Å². The van der Waals surface area contributed by atoms with Crippen molar-refractivity contribution in [3.63, 3.8) is 0 Å². The number of carbonyl (C=O) groups excluding carboxylic acids is 1. The minimum atomic E-state index is -0.203. The van der Waals surface area contributed by atoms with Gasteiger partial charge >= 0.3 is 5.97 Å². The molecule has 1 saturated heterocycles. The van der Waals surface area contributed by atoms with Gasteiger partial charge in [-0.25, -0.2) is 0 Å². The van der Waals surface area contributed by atoms with Gasteiger partial charge in [-0.1, -0.05) is 0 Å². The predicted molar refractivity (Wildman–Crippen MR) is 48.4 cm³/mol. The summed E-state index contributed by atoms with van der Waals surface area (Å²) in [6.07, 6.45) is 0.360. The molecular weight excluding hydrogens is 170 g/mol. The summed E-state index contributed by atoms with van der Waals surface area (Å²) in [6, 6.07) is 0. The molecule has 0 aliphatic carbocycles. The van der Waals surface area contributed by atoms with Gasteiger partial charge < -0.3 is 14.4 Å². The zero-order chi connectivity index (χ0) is 9.68. The van der Waals surface area contributed by atoms with Gasteiger partial charge in [0.2, 0.25) is 0 Å². The molecule has 0 atom stereocenters. The highest BCUT2D eigenvalue weighted by molar-refractivity contribution is 5.69. The third-order valence-corrected chi connectivity index (χ3v) is 2.17. The van der Waals surface area contributed by atoms with E-state index in [2.05, 4.69) is 16.7 Å². The lowest BCUT2D eigenvalue weighted by molar-refractivity contribution is -0.142.